The second kappa shape index (κ2) is 8.40. The number of amides is 2. The van der Waals surface area contributed by atoms with Crippen molar-refractivity contribution in [2.45, 2.75) is 38.7 Å². The standard InChI is InChI=1S/C19H26N4O3/c1-13(16-12-21-5-6-22-16)10-18(24)23-7-2-14(3-8-23)11-17-15(19(20)25)4-9-26-17/h5-6,10,12,14-15,17H,2-4,7-9,11H2,1H3,(H2,20,25)/b13-10+/t15-,17-/m1/s1. The van der Waals surface area contributed by atoms with E-state index in [0.717, 1.165) is 44.3 Å². The number of primary amides is 1. The third-order valence-electron chi connectivity index (χ3n) is 5.37. The number of hydrogen-bond donors (Lipinski definition) is 1. The van der Waals surface area contributed by atoms with E-state index in [4.69, 9.17) is 10.5 Å². The van der Waals surface area contributed by atoms with Gasteiger partial charge in [-0.3, -0.25) is 19.6 Å². The Kier molecular flexibility index (Phi) is 5.98. The van der Waals surface area contributed by atoms with E-state index in [1.54, 1.807) is 24.7 Å². The minimum absolute atomic E-state index is 0.0127. The lowest BCUT2D eigenvalue weighted by atomic mass is 9.86. The van der Waals surface area contributed by atoms with Gasteiger partial charge in [-0.25, -0.2) is 0 Å². The van der Waals surface area contributed by atoms with Gasteiger partial charge < -0.3 is 15.4 Å². The molecule has 0 unspecified atom stereocenters. The van der Waals surface area contributed by atoms with Crippen molar-refractivity contribution >= 4 is 17.4 Å². The number of carbonyl (C=O) groups is 2. The van der Waals surface area contributed by atoms with Crippen molar-refractivity contribution in [2.24, 2.45) is 17.6 Å². The normalized spacial score (nSPS) is 24.7. The third-order valence-corrected chi connectivity index (χ3v) is 5.37. The van der Waals surface area contributed by atoms with Gasteiger partial charge in [0.1, 0.15) is 0 Å². The monoisotopic (exact) mass is 358 g/mol. The number of aromatic nitrogens is 2. The molecule has 0 aliphatic carbocycles. The van der Waals surface area contributed by atoms with E-state index in [1.807, 2.05) is 11.8 Å². The molecule has 1 aromatic rings. The molecule has 2 amide bonds. The van der Waals surface area contributed by atoms with Crippen LogP contribution >= 0.6 is 0 Å². The maximum Gasteiger partial charge on any atom is 0.246 e. The molecular formula is C19H26N4O3. The van der Waals surface area contributed by atoms with Gasteiger partial charge in [0.2, 0.25) is 11.8 Å². The maximum absolute atomic E-state index is 12.5. The molecule has 0 spiro atoms. The summed E-state index contributed by atoms with van der Waals surface area (Å²) in [4.78, 5) is 34.1. The number of hydrogen-bond acceptors (Lipinski definition) is 5. The van der Waals surface area contributed by atoms with Gasteiger partial charge in [0.15, 0.2) is 0 Å². The predicted octanol–water partition coefficient (Wildman–Crippen LogP) is 1.40. The number of carbonyl (C=O) groups excluding carboxylic acids is 2. The first-order valence-electron chi connectivity index (χ1n) is 9.19. The number of rotatable bonds is 5. The fourth-order valence-corrected chi connectivity index (χ4v) is 3.78. The van der Waals surface area contributed by atoms with E-state index in [-0.39, 0.29) is 23.8 Å². The summed E-state index contributed by atoms with van der Waals surface area (Å²) in [7, 11) is 0. The van der Waals surface area contributed by atoms with Crippen molar-refractivity contribution < 1.29 is 14.3 Å². The van der Waals surface area contributed by atoms with Crippen LogP contribution in [0.4, 0.5) is 0 Å². The lowest BCUT2D eigenvalue weighted by Crippen LogP contribution is -2.39. The zero-order chi connectivity index (χ0) is 18.5. The van der Waals surface area contributed by atoms with E-state index in [1.165, 1.54) is 0 Å². The molecule has 1 aromatic heterocycles. The summed E-state index contributed by atoms with van der Waals surface area (Å²) < 4.78 is 5.70. The van der Waals surface area contributed by atoms with Gasteiger partial charge in [-0.05, 0) is 44.1 Å². The van der Waals surface area contributed by atoms with Crippen LogP contribution in [-0.2, 0) is 14.3 Å². The van der Waals surface area contributed by atoms with Gasteiger partial charge >= 0.3 is 0 Å². The number of piperidine rings is 1. The lowest BCUT2D eigenvalue weighted by molar-refractivity contribution is -0.127. The average molecular weight is 358 g/mol. The largest absolute Gasteiger partial charge is 0.377 e. The predicted molar refractivity (Wildman–Crippen MR) is 96.6 cm³/mol. The highest BCUT2D eigenvalue weighted by Gasteiger charge is 2.35. The molecule has 2 saturated heterocycles. The van der Waals surface area contributed by atoms with Crippen LogP contribution in [0.25, 0.3) is 5.57 Å². The summed E-state index contributed by atoms with van der Waals surface area (Å²) in [5.41, 5.74) is 6.99. The van der Waals surface area contributed by atoms with Crippen LogP contribution < -0.4 is 5.73 Å². The first kappa shape index (κ1) is 18.5. The molecule has 7 heteroatoms. The van der Waals surface area contributed by atoms with Crippen LogP contribution in [0.1, 0.15) is 38.3 Å². The van der Waals surface area contributed by atoms with E-state index in [0.29, 0.717) is 18.2 Å². The molecule has 2 aliphatic heterocycles. The lowest BCUT2D eigenvalue weighted by Gasteiger charge is -2.33. The molecular weight excluding hydrogens is 332 g/mol. The van der Waals surface area contributed by atoms with Crippen molar-refractivity contribution in [3.63, 3.8) is 0 Å². The Morgan fingerprint density at radius 2 is 2.08 bits per heavy atom. The minimum Gasteiger partial charge on any atom is -0.377 e. The Balaban J connectivity index is 1.50. The molecule has 2 fully saturated rings. The highest BCUT2D eigenvalue weighted by Crippen LogP contribution is 2.30. The van der Waals surface area contributed by atoms with E-state index in [2.05, 4.69) is 9.97 Å². The molecule has 2 aliphatic rings. The fourth-order valence-electron chi connectivity index (χ4n) is 3.78. The fraction of sp³-hybridized carbons (Fsp3) is 0.579. The SMILES string of the molecule is C/C(=C\C(=O)N1CCC(C[C@H]2OCC[C@H]2C(N)=O)CC1)c1cnccn1. The molecule has 140 valence electrons. The van der Waals surface area contributed by atoms with Crippen molar-refractivity contribution in [2.75, 3.05) is 19.7 Å². The van der Waals surface area contributed by atoms with Gasteiger partial charge in [0.05, 0.1) is 23.9 Å². The minimum atomic E-state index is -0.260. The molecule has 7 nitrogen and oxygen atoms in total. The Labute approximate surface area is 153 Å². The van der Waals surface area contributed by atoms with Crippen LogP contribution in [0.3, 0.4) is 0 Å². The number of ether oxygens (including phenoxy) is 1. The highest BCUT2D eigenvalue weighted by atomic mass is 16.5. The quantitative estimate of drug-likeness (QED) is 0.802. The zero-order valence-electron chi connectivity index (χ0n) is 15.1. The molecule has 3 rings (SSSR count). The summed E-state index contributed by atoms with van der Waals surface area (Å²) >= 11 is 0. The summed E-state index contributed by atoms with van der Waals surface area (Å²) in [5, 5.41) is 0. The number of nitrogens with zero attached hydrogens (tertiary/aromatic N) is 3. The van der Waals surface area contributed by atoms with Crippen molar-refractivity contribution in [3.8, 4) is 0 Å². The molecule has 2 atom stereocenters. The van der Waals surface area contributed by atoms with E-state index < -0.39 is 0 Å². The second-order valence-corrected chi connectivity index (χ2v) is 7.13. The topological polar surface area (TPSA) is 98.4 Å². The Morgan fingerprint density at radius 3 is 2.73 bits per heavy atom. The first-order valence-corrected chi connectivity index (χ1v) is 9.19. The maximum atomic E-state index is 12.5. The van der Waals surface area contributed by atoms with Crippen molar-refractivity contribution in [1.29, 1.82) is 0 Å². The second-order valence-electron chi connectivity index (χ2n) is 7.13. The Hall–Kier alpha value is -2.28. The highest BCUT2D eigenvalue weighted by molar-refractivity contribution is 5.94. The number of allylic oxidation sites excluding steroid dienone is 1. The van der Waals surface area contributed by atoms with Crippen LogP contribution in [0.15, 0.2) is 24.7 Å². The average Bonchev–Trinajstić information content (AvgIpc) is 3.11. The van der Waals surface area contributed by atoms with Gasteiger partial charge in [-0.2, -0.15) is 0 Å². The number of likely N-dealkylation sites (tertiary alicyclic amines) is 1. The molecule has 3 heterocycles. The molecule has 0 saturated carbocycles. The molecule has 26 heavy (non-hydrogen) atoms. The van der Waals surface area contributed by atoms with Gasteiger partial charge in [0, 0.05) is 38.2 Å². The molecule has 2 N–H and O–H groups in total. The van der Waals surface area contributed by atoms with Crippen molar-refractivity contribution in [3.05, 3.63) is 30.4 Å². The van der Waals surface area contributed by atoms with Crippen molar-refractivity contribution in [1.82, 2.24) is 14.9 Å². The van der Waals surface area contributed by atoms with E-state index in [9.17, 15) is 9.59 Å². The summed E-state index contributed by atoms with van der Waals surface area (Å²) in [5.74, 6) is 0.0600. The zero-order valence-corrected chi connectivity index (χ0v) is 15.1. The van der Waals surface area contributed by atoms with E-state index >= 15 is 0 Å². The van der Waals surface area contributed by atoms with Crippen LogP contribution in [0, 0.1) is 11.8 Å². The van der Waals surface area contributed by atoms with Crippen LogP contribution in [0.2, 0.25) is 0 Å². The Bertz CT molecular complexity index is 669. The van der Waals surface area contributed by atoms with Crippen LogP contribution in [0.5, 0.6) is 0 Å². The van der Waals surface area contributed by atoms with Crippen LogP contribution in [-0.4, -0.2) is 52.5 Å². The summed E-state index contributed by atoms with van der Waals surface area (Å²) in [6.45, 7) is 3.93. The summed E-state index contributed by atoms with van der Waals surface area (Å²) in [6.07, 6.45) is 9.89. The Morgan fingerprint density at radius 1 is 1.31 bits per heavy atom. The molecule has 0 radical (unpaired) electrons. The number of nitrogens with two attached hydrogens (primary N) is 1. The van der Waals surface area contributed by atoms with Gasteiger partial charge in [0.25, 0.3) is 0 Å². The molecule has 0 bridgehead atoms. The van der Waals surface area contributed by atoms with Gasteiger partial charge in [-0.15, -0.1) is 0 Å². The van der Waals surface area contributed by atoms with Gasteiger partial charge in [-0.1, -0.05) is 0 Å². The molecule has 0 aromatic carbocycles. The third kappa shape index (κ3) is 4.46. The first-order chi connectivity index (χ1) is 12.5. The summed E-state index contributed by atoms with van der Waals surface area (Å²) in [6, 6.07) is 0. The smallest absolute Gasteiger partial charge is 0.246 e.